The van der Waals surface area contributed by atoms with E-state index in [1.54, 1.807) is 43.3 Å². The Balaban J connectivity index is 1.21. The second-order valence-electron chi connectivity index (χ2n) is 13.5. The quantitative estimate of drug-likeness (QED) is 0.288. The number of ether oxygens (including phenoxy) is 2. The molecule has 0 aromatic heterocycles. The normalized spacial score (nSPS) is 22.6. The van der Waals surface area contributed by atoms with Crippen molar-refractivity contribution in [3.63, 3.8) is 0 Å². The van der Waals surface area contributed by atoms with Gasteiger partial charge in [0.05, 0.1) is 19.3 Å². The van der Waals surface area contributed by atoms with Crippen molar-refractivity contribution in [2.75, 3.05) is 27.2 Å². The van der Waals surface area contributed by atoms with Gasteiger partial charge in [-0.3, -0.25) is 19.3 Å². The largest absolute Gasteiger partial charge is 0.497 e. The van der Waals surface area contributed by atoms with Crippen molar-refractivity contribution in [2.45, 2.75) is 81.6 Å². The van der Waals surface area contributed by atoms with Crippen molar-refractivity contribution < 1.29 is 29.0 Å². The minimum absolute atomic E-state index is 0.0122. The third-order valence-electron chi connectivity index (χ3n) is 10.3. The zero-order chi connectivity index (χ0) is 33.7. The van der Waals surface area contributed by atoms with Crippen LogP contribution in [0.1, 0.15) is 72.9 Å². The number of carbonyl (C=O) groups excluding carboxylic acids is 3. The van der Waals surface area contributed by atoms with Gasteiger partial charge in [-0.15, -0.1) is 0 Å². The molecule has 0 radical (unpaired) electrons. The van der Waals surface area contributed by atoms with Gasteiger partial charge in [0.25, 0.3) is 5.91 Å². The van der Waals surface area contributed by atoms with Crippen LogP contribution in [-0.2, 0) is 22.7 Å². The maximum atomic E-state index is 13.8. The molecule has 10 nitrogen and oxygen atoms in total. The Labute approximate surface area is 282 Å². The average Bonchev–Trinajstić information content (AvgIpc) is 3.11. The molecule has 3 aromatic rings. The first kappa shape index (κ1) is 33.5. The van der Waals surface area contributed by atoms with Gasteiger partial charge in [0.2, 0.25) is 11.8 Å². The number of carbonyl (C=O) groups is 3. The summed E-state index contributed by atoms with van der Waals surface area (Å²) in [7, 11) is 3.22. The molecule has 2 heterocycles. The second kappa shape index (κ2) is 14.4. The molecule has 0 bridgehead atoms. The van der Waals surface area contributed by atoms with Gasteiger partial charge in [-0.05, 0) is 91.8 Å². The molecule has 2 unspecified atom stereocenters. The first-order valence-corrected chi connectivity index (χ1v) is 17.0. The number of nitrogens with one attached hydrogen (secondary N) is 2. The number of likely N-dealkylation sites (tertiary alicyclic amines) is 1. The maximum absolute atomic E-state index is 13.8. The highest BCUT2D eigenvalue weighted by molar-refractivity contribution is 5.98. The third kappa shape index (κ3) is 7.34. The molecule has 6 rings (SSSR count). The van der Waals surface area contributed by atoms with Crippen LogP contribution in [0, 0.1) is 0 Å². The van der Waals surface area contributed by atoms with Crippen LogP contribution in [0.2, 0.25) is 0 Å². The molecule has 2 atom stereocenters. The maximum Gasteiger partial charge on any atom is 0.251 e. The number of piperazine rings is 1. The first-order chi connectivity index (χ1) is 23.2. The van der Waals surface area contributed by atoms with Crippen LogP contribution >= 0.6 is 0 Å². The molecular formula is C38H46N4O6. The van der Waals surface area contributed by atoms with Crippen LogP contribution in [0.25, 0.3) is 0 Å². The SMILES string of the molecule is CNC(=O)c1ccc(Oc2ccc(CN3CCC4(CC3CC3(O)CCCCC3)C(=O)NCC(=O)N4Cc3ccc(OC)cc3)cc2)cc1. The summed E-state index contributed by atoms with van der Waals surface area (Å²) in [6.07, 6.45) is 6.13. The van der Waals surface area contributed by atoms with Gasteiger partial charge in [-0.1, -0.05) is 43.5 Å². The Kier molecular flexibility index (Phi) is 10.0. The Morgan fingerprint density at radius 2 is 1.48 bits per heavy atom. The van der Waals surface area contributed by atoms with E-state index in [1.165, 1.54) is 0 Å². The van der Waals surface area contributed by atoms with Gasteiger partial charge >= 0.3 is 0 Å². The van der Waals surface area contributed by atoms with Crippen molar-refractivity contribution in [1.82, 2.24) is 20.4 Å². The Morgan fingerprint density at radius 3 is 2.10 bits per heavy atom. The number of nitrogens with zero attached hydrogens (tertiary/aromatic N) is 2. The topological polar surface area (TPSA) is 120 Å². The molecule has 1 aliphatic carbocycles. The highest BCUT2D eigenvalue weighted by Crippen LogP contribution is 2.42. The summed E-state index contributed by atoms with van der Waals surface area (Å²) in [6.45, 7) is 1.58. The van der Waals surface area contributed by atoms with E-state index >= 15 is 0 Å². The van der Waals surface area contributed by atoms with Gasteiger partial charge in [-0.2, -0.15) is 0 Å². The fourth-order valence-corrected chi connectivity index (χ4v) is 7.63. The summed E-state index contributed by atoms with van der Waals surface area (Å²) in [6, 6.07) is 22.5. The molecular weight excluding hydrogens is 608 g/mol. The minimum atomic E-state index is -0.994. The smallest absolute Gasteiger partial charge is 0.251 e. The molecule has 2 aliphatic heterocycles. The third-order valence-corrected chi connectivity index (χ3v) is 10.3. The van der Waals surface area contributed by atoms with Crippen LogP contribution < -0.4 is 20.1 Å². The van der Waals surface area contributed by atoms with Gasteiger partial charge in [-0.25, -0.2) is 0 Å². The van der Waals surface area contributed by atoms with E-state index in [1.807, 2.05) is 48.5 Å². The molecule has 254 valence electrons. The summed E-state index contributed by atoms with van der Waals surface area (Å²) in [5.74, 6) is 1.71. The van der Waals surface area contributed by atoms with Crippen molar-refractivity contribution in [2.24, 2.45) is 0 Å². The molecule has 3 fully saturated rings. The van der Waals surface area contributed by atoms with Crippen molar-refractivity contribution in [1.29, 1.82) is 0 Å². The van der Waals surface area contributed by atoms with Crippen molar-refractivity contribution >= 4 is 17.7 Å². The van der Waals surface area contributed by atoms with E-state index < -0.39 is 11.1 Å². The van der Waals surface area contributed by atoms with E-state index in [-0.39, 0.29) is 30.3 Å². The number of rotatable bonds is 10. The molecule has 1 saturated carbocycles. The lowest BCUT2D eigenvalue weighted by molar-refractivity contribution is -0.161. The highest BCUT2D eigenvalue weighted by atomic mass is 16.5. The number of methoxy groups -OCH3 is 1. The summed E-state index contributed by atoms with van der Waals surface area (Å²) >= 11 is 0. The lowest BCUT2D eigenvalue weighted by Crippen LogP contribution is -2.71. The van der Waals surface area contributed by atoms with E-state index in [2.05, 4.69) is 15.5 Å². The summed E-state index contributed by atoms with van der Waals surface area (Å²) in [5.41, 5.74) is 0.809. The van der Waals surface area contributed by atoms with E-state index in [9.17, 15) is 19.5 Å². The number of amides is 3. The Bertz CT molecular complexity index is 1590. The Morgan fingerprint density at radius 1 is 0.875 bits per heavy atom. The monoisotopic (exact) mass is 654 g/mol. The highest BCUT2D eigenvalue weighted by Gasteiger charge is 2.54. The van der Waals surface area contributed by atoms with Crippen molar-refractivity contribution in [3.05, 3.63) is 89.5 Å². The lowest BCUT2D eigenvalue weighted by Gasteiger charge is -2.54. The predicted octanol–water partition coefficient (Wildman–Crippen LogP) is 4.79. The van der Waals surface area contributed by atoms with Crippen molar-refractivity contribution in [3.8, 4) is 17.2 Å². The van der Waals surface area contributed by atoms with Crippen LogP contribution in [0.3, 0.4) is 0 Å². The van der Waals surface area contributed by atoms with E-state index in [0.717, 1.165) is 49.0 Å². The first-order valence-electron chi connectivity index (χ1n) is 17.0. The molecule has 2 saturated heterocycles. The summed E-state index contributed by atoms with van der Waals surface area (Å²) < 4.78 is 11.3. The van der Waals surface area contributed by atoms with Gasteiger partial charge < -0.3 is 30.1 Å². The number of benzene rings is 3. The molecule has 3 aliphatic rings. The van der Waals surface area contributed by atoms with Gasteiger partial charge in [0.1, 0.15) is 22.8 Å². The summed E-state index contributed by atoms with van der Waals surface area (Å²) in [5, 5.41) is 17.3. The number of hydrogen-bond acceptors (Lipinski definition) is 7. The fourth-order valence-electron chi connectivity index (χ4n) is 7.63. The molecule has 48 heavy (non-hydrogen) atoms. The molecule has 3 aromatic carbocycles. The second-order valence-corrected chi connectivity index (χ2v) is 13.5. The number of hydrogen-bond donors (Lipinski definition) is 3. The van der Waals surface area contributed by atoms with Gasteiger partial charge in [0.15, 0.2) is 0 Å². The van der Waals surface area contributed by atoms with Crippen LogP contribution in [-0.4, -0.2) is 77.1 Å². The zero-order valence-electron chi connectivity index (χ0n) is 27.9. The van der Waals surface area contributed by atoms with Crippen LogP contribution in [0.5, 0.6) is 17.2 Å². The fraction of sp³-hybridized carbons (Fsp3) is 0.447. The van der Waals surface area contributed by atoms with E-state index in [0.29, 0.717) is 56.0 Å². The lowest BCUT2D eigenvalue weighted by atomic mass is 9.73. The zero-order valence-corrected chi connectivity index (χ0v) is 27.9. The number of aliphatic hydroxyl groups is 1. The van der Waals surface area contributed by atoms with Crippen LogP contribution in [0.4, 0.5) is 0 Å². The molecule has 3 amide bonds. The molecule has 1 spiro atoms. The predicted molar refractivity (Wildman–Crippen MR) is 182 cm³/mol. The van der Waals surface area contributed by atoms with Crippen LogP contribution in [0.15, 0.2) is 72.8 Å². The van der Waals surface area contributed by atoms with E-state index in [4.69, 9.17) is 9.47 Å². The standard InChI is InChI=1S/C38H46N4O6/c1-39-35(44)29-10-16-33(17-11-29)48-32-14-8-27(9-15-32)25-41-21-20-38(23-30(41)22-37(46)18-4-3-5-19-37)36(45)40-24-34(43)42(38)26-28-6-12-31(47-2)13-7-28/h6-17,30,46H,3-5,18-26H2,1-2H3,(H,39,44)(H,40,45). The molecule has 10 heteroatoms. The average molecular weight is 655 g/mol. The number of piperidine rings is 1. The molecule has 3 N–H and O–H groups in total. The van der Waals surface area contributed by atoms with Gasteiger partial charge in [0, 0.05) is 38.3 Å². The Hall–Kier alpha value is -4.41. The summed E-state index contributed by atoms with van der Waals surface area (Å²) in [4.78, 5) is 43.3. The minimum Gasteiger partial charge on any atom is -0.497 e.